The molecule has 0 spiro atoms. The smallest absolute Gasteiger partial charge is 0.242 e. The van der Waals surface area contributed by atoms with Crippen LogP contribution in [0.5, 0.6) is 0 Å². The van der Waals surface area contributed by atoms with Crippen LogP contribution < -0.4 is 4.72 Å². The molecular weight excluding hydrogens is 352 g/mol. The van der Waals surface area contributed by atoms with Crippen molar-refractivity contribution in [2.45, 2.75) is 24.3 Å². The fourth-order valence-corrected chi connectivity index (χ4v) is 5.11. The van der Waals surface area contributed by atoms with Gasteiger partial charge in [0.05, 0.1) is 10.4 Å². The van der Waals surface area contributed by atoms with Crippen molar-refractivity contribution < 1.29 is 13.5 Å². The number of sulfonamides is 1. The van der Waals surface area contributed by atoms with E-state index in [0.29, 0.717) is 15.2 Å². The molecule has 0 amide bonds. The Morgan fingerprint density at radius 3 is 2.63 bits per heavy atom. The summed E-state index contributed by atoms with van der Waals surface area (Å²) in [5.74, 6) is 0. The summed E-state index contributed by atoms with van der Waals surface area (Å²) in [5.41, 5.74) is 0. The number of aliphatic hydroxyl groups excluding tert-OH is 1. The zero-order chi connectivity index (χ0) is 14.5. The van der Waals surface area contributed by atoms with E-state index in [9.17, 15) is 8.42 Å². The van der Waals surface area contributed by atoms with E-state index < -0.39 is 10.0 Å². The first-order chi connectivity index (χ1) is 8.86. The molecule has 0 aromatic carbocycles. The van der Waals surface area contributed by atoms with Gasteiger partial charge in [0, 0.05) is 11.4 Å². The van der Waals surface area contributed by atoms with E-state index in [1.54, 1.807) is 0 Å². The van der Waals surface area contributed by atoms with Crippen LogP contribution in [0.3, 0.4) is 0 Å². The van der Waals surface area contributed by atoms with Gasteiger partial charge in [-0.1, -0.05) is 0 Å². The first-order valence-corrected chi connectivity index (χ1v) is 8.99. The second-order valence-electron chi connectivity index (χ2n) is 4.42. The van der Waals surface area contributed by atoms with Crippen molar-refractivity contribution in [2.24, 2.45) is 0 Å². The molecule has 0 radical (unpaired) electrons. The fraction of sp³-hybridized carbons (Fsp3) is 0.636. The third kappa shape index (κ3) is 5.49. The maximum atomic E-state index is 12.1. The van der Waals surface area contributed by atoms with Gasteiger partial charge in [0.2, 0.25) is 10.0 Å². The number of hydrogen-bond acceptors (Lipinski definition) is 5. The van der Waals surface area contributed by atoms with E-state index in [-0.39, 0.29) is 11.5 Å². The maximum Gasteiger partial charge on any atom is 0.242 e. The lowest BCUT2D eigenvalue weighted by molar-refractivity contribution is 0.285. The molecule has 110 valence electrons. The number of nitrogens with one attached hydrogen (secondary N) is 1. The predicted molar refractivity (Wildman–Crippen MR) is 80.9 cm³/mol. The zero-order valence-electron chi connectivity index (χ0n) is 11.0. The largest absolute Gasteiger partial charge is 0.391 e. The van der Waals surface area contributed by atoms with Gasteiger partial charge in [-0.2, -0.15) is 0 Å². The monoisotopic (exact) mass is 370 g/mol. The van der Waals surface area contributed by atoms with Gasteiger partial charge in [-0.25, -0.2) is 13.1 Å². The molecule has 5 nitrogen and oxygen atoms in total. The minimum Gasteiger partial charge on any atom is -0.391 e. The molecule has 2 N–H and O–H groups in total. The Bertz CT molecular complexity index is 500. The highest BCUT2D eigenvalue weighted by Crippen LogP contribution is 2.31. The summed E-state index contributed by atoms with van der Waals surface area (Å²) in [6.07, 6.45) is 1.74. The van der Waals surface area contributed by atoms with Crippen molar-refractivity contribution in [3.05, 3.63) is 14.7 Å². The third-order valence-electron chi connectivity index (χ3n) is 2.48. The molecule has 1 rings (SSSR count). The number of thiophene rings is 1. The SMILES string of the molecule is CN(C)CCCCNS(=O)(=O)c1cc(CO)sc1Br. The van der Waals surface area contributed by atoms with Crippen LogP contribution in [0.25, 0.3) is 0 Å². The Kier molecular flexibility index (Phi) is 6.92. The lowest BCUT2D eigenvalue weighted by Crippen LogP contribution is -2.25. The number of hydrogen-bond donors (Lipinski definition) is 2. The van der Waals surface area contributed by atoms with E-state index in [4.69, 9.17) is 5.11 Å². The van der Waals surface area contributed by atoms with E-state index >= 15 is 0 Å². The van der Waals surface area contributed by atoms with Gasteiger partial charge < -0.3 is 10.0 Å². The third-order valence-corrected chi connectivity index (χ3v) is 6.17. The Morgan fingerprint density at radius 1 is 1.42 bits per heavy atom. The summed E-state index contributed by atoms with van der Waals surface area (Å²) in [4.78, 5) is 2.89. The molecule has 0 aliphatic carbocycles. The number of unbranched alkanes of at least 4 members (excludes halogenated alkanes) is 1. The Balaban J connectivity index is 2.53. The number of halogens is 1. The molecule has 8 heteroatoms. The zero-order valence-corrected chi connectivity index (χ0v) is 14.2. The normalized spacial score (nSPS) is 12.3. The summed E-state index contributed by atoms with van der Waals surface area (Å²) in [6, 6.07) is 1.50. The van der Waals surface area contributed by atoms with Crippen LogP contribution in [-0.4, -0.2) is 45.6 Å². The fourth-order valence-electron chi connectivity index (χ4n) is 1.50. The molecule has 1 heterocycles. The second-order valence-corrected chi connectivity index (χ2v) is 8.61. The standard InChI is InChI=1S/C11H19BrN2O3S2/c1-14(2)6-4-3-5-13-19(16,17)10-7-9(8-15)18-11(10)12/h7,13,15H,3-6,8H2,1-2H3. The molecule has 0 aliphatic heterocycles. The van der Waals surface area contributed by atoms with Crippen LogP contribution in [0.15, 0.2) is 14.7 Å². The molecule has 0 bridgehead atoms. The maximum absolute atomic E-state index is 12.1. The Morgan fingerprint density at radius 2 is 2.11 bits per heavy atom. The van der Waals surface area contributed by atoms with Crippen LogP contribution in [0, 0.1) is 0 Å². The van der Waals surface area contributed by atoms with Gasteiger partial charge in [0.1, 0.15) is 4.90 Å². The minimum atomic E-state index is -3.49. The van der Waals surface area contributed by atoms with Crippen LogP contribution in [0.1, 0.15) is 17.7 Å². The van der Waals surface area contributed by atoms with E-state index in [1.165, 1.54) is 17.4 Å². The summed E-state index contributed by atoms with van der Waals surface area (Å²) < 4.78 is 27.2. The van der Waals surface area contributed by atoms with Crippen molar-refractivity contribution in [1.82, 2.24) is 9.62 Å². The Hall–Kier alpha value is 0.01000. The molecule has 1 aromatic rings. The highest BCUT2D eigenvalue weighted by molar-refractivity contribution is 9.11. The summed E-state index contributed by atoms with van der Waals surface area (Å²) in [7, 11) is 0.486. The van der Waals surface area contributed by atoms with E-state index in [2.05, 4.69) is 25.6 Å². The van der Waals surface area contributed by atoms with Gasteiger partial charge in [0.15, 0.2) is 0 Å². The average molecular weight is 371 g/mol. The first-order valence-electron chi connectivity index (χ1n) is 5.90. The highest BCUT2D eigenvalue weighted by Gasteiger charge is 2.20. The van der Waals surface area contributed by atoms with Crippen LogP contribution in [0.4, 0.5) is 0 Å². The van der Waals surface area contributed by atoms with Gasteiger partial charge >= 0.3 is 0 Å². The molecule has 19 heavy (non-hydrogen) atoms. The van der Waals surface area contributed by atoms with Crippen molar-refractivity contribution >= 4 is 37.3 Å². The van der Waals surface area contributed by atoms with Crippen molar-refractivity contribution in [1.29, 1.82) is 0 Å². The van der Waals surface area contributed by atoms with Crippen LogP contribution >= 0.6 is 27.3 Å². The predicted octanol–water partition coefficient (Wildman–Crippen LogP) is 1.62. The van der Waals surface area contributed by atoms with Gasteiger partial charge in [-0.3, -0.25) is 0 Å². The molecule has 0 saturated carbocycles. The molecule has 0 aliphatic rings. The summed E-state index contributed by atoms with van der Waals surface area (Å²) >= 11 is 4.45. The lowest BCUT2D eigenvalue weighted by Gasteiger charge is -2.09. The van der Waals surface area contributed by atoms with Crippen LogP contribution in [-0.2, 0) is 16.6 Å². The van der Waals surface area contributed by atoms with Gasteiger partial charge in [-0.05, 0) is 55.5 Å². The topological polar surface area (TPSA) is 69.6 Å². The summed E-state index contributed by atoms with van der Waals surface area (Å²) in [6.45, 7) is 1.22. The quantitative estimate of drug-likeness (QED) is 0.682. The molecule has 1 aromatic heterocycles. The van der Waals surface area contributed by atoms with E-state index in [0.717, 1.165) is 19.4 Å². The highest BCUT2D eigenvalue weighted by atomic mass is 79.9. The Labute approximate surface area is 126 Å². The van der Waals surface area contributed by atoms with Crippen molar-refractivity contribution in [3.8, 4) is 0 Å². The molecular formula is C11H19BrN2O3S2. The average Bonchev–Trinajstić information content (AvgIpc) is 2.70. The molecule has 0 atom stereocenters. The minimum absolute atomic E-state index is 0.151. The lowest BCUT2D eigenvalue weighted by atomic mass is 10.3. The molecule has 0 fully saturated rings. The van der Waals surface area contributed by atoms with Crippen molar-refractivity contribution in [3.63, 3.8) is 0 Å². The van der Waals surface area contributed by atoms with Crippen LogP contribution in [0.2, 0.25) is 0 Å². The van der Waals surface area contributed by atoms with Gasteiger partial charge in [0.25, 0.3) is 0 Å². The number of aliphatic hydroxyl groups is 1. The number of nitrogens with zero attached hydrogens (tertiary/aromatic N) is 1. The first kappa shape index (κ1) is 17.1. The van der Waals surface area contributed by atoms with Gasteiger partial charge in [-0.15, -0.1) is 11.3 Å². The molecule has 0 unspecified atom stereocenters. The second kappa shape index (κ2) is 7.70. The van der Waals surface area contributed by atoms with E-state index in [1.807, 2.05) is 14.1 Å². The van der Waals surface area contributed by atoms with Crippen molar-refractivity contribution in [2.75, 3.05) is 27.2 Å². The summed E-state index contributed by atoms with van der Waals surface area (Å²) in [5, 5.41) is 9.01. The molecule has 0 saturated heterocycles. The number of rotatable bonds is 8.